The lowest BCUT2D eigenvalue weighted by Gasteiger charge is -2.35. The van der Waals surface area contributed by atoms with E-state index >= 15 is 0 Å². The number of aromatic nitrogens is 2. The highest BCUT2D eigenvalue weighted by atomic mass is 32.1. The van der Waals surface area contributed by atoms with Gasteiger partial charge < -0.3 is 4.42 Å². The first-order valence-electron chi connectivity index (χ1n) is 8.56. The van der Waals surface area contributed by atoms with E-state index in [4.69, 9.17) is 16.6 Å². The van der Waals surface area contributed by atoms with Crippen LogP contribution in [0.3, 0.4) is 0 Å². The fraction of sp³-hybridized carbons (Fsp3) is 0.368. The first-order chi connectivity index (χ1) is 12.1. The van der Waals surface area contributed by atoms with E-state index in [2.05, 4.69) is 65.6 Å². The Balaban J connectivity index is 1.70. The topological polar surface area (TPSA) is 34.2 Å². The normalized spacial score (nSPS) is 17.8. The van der Waals surface area contributed by atoms with Gasteiger partial charge in [-0.3, -0.25) is 4.90 Å². The van der Waals surface area contributed by atoms with Crippen LogP contribution in [0.4, 0.5) is 0 Å². The number of nitrogens with zero attached hydrogens (tertiary/aromatic N) is 3. The molecule has 6 heteroatoms. The first kappa shape index (κ1) is 16.7. The first-order valence-corrected chi connectivity index (χ1v) is 9.85. The zero-order chi connectivity index (χ0) is 17.4. The molecule has 0 bridgehead atoms. The quantitative estimate of drug-likeness (QED) is 0.605. The molecule has 1 unspecified atom stereocenters. The smallest absolute Gasteiger partial charge is 0.288 e. The summed E-state index contributed by atoms with van der Waals surface area (Å²) in [6.45, 7) is 5.76. The molecule has 1 atom stereocenters. The Kier molecular flexibility index (Phi) is 4.58. The van der Waals surface area contributed by atoms with Gasteiger partial charge in [-0.1, -0.05) is 44.2 Å². The average molecular weight is 372 g/mol. The molecule has 130 valence electrons. The predicted octanol–water partition coefficient (Wildman–Crippen LogP) is 5.00. The van der Waals surface area contributed by atoms with Crippen LogP contribution in [0.25, 0.3) is 0 Å². The third-order valence-corrected chi connectivity index (χ3v) is 5.90. The molecule has 25 heavy (non-hydrogen) atoms. The second-order valence-corrected chi connectivity index (χ2v) is 8.03. The largest absolute Gasteiger partial charge is 0.414 e. The molecule has 0 saturated heterocycles. The van der Waals surface area contributed by atoms with Crippen molar-refractivity contribution in [2.24, 2.45) is 0 Å². The molecule has 4 nitrogen and oxygen atoms in total. The van der Waals surface area contributed by atoms with E-state index in [1.807, 2.05) is 16.0 Å². The van der Waals surface area contributed by atoms with Crippen molar-refractivity contribution in [1.82, 2.24) is 14.7 Å². The van der Waals surface area contributed by atoms with E-state index in [9.17, 15) is 0 Å². The molecule has 0 amide bonds. The van der Waals surface area contributed by atoms with Crippen molar-refractivity contribution in [2.75, 3.05) is 6.54 Å². The average Bonchev–Trinajstić information content (AvgIpc) is 3.22. The Hall–Kier alpha value is -1.76. The third-order valence-electron chi connectivity index (χ3n) is 4.61. The van der Waals surface area contributed by atoms with Gasteiger partial charge in [-0.05, 0) is 41.2 Å². The molecule has 0 spiro atoms. The molecular weight excluding hydrogens is 350 g/mol. The van der Waals surface area contributed by atoms with E-state index in [1.54, 1.807) is 0 Å². The Morgan fingerprint density at radius 2 is 2.08 bits per heavy atom. The number of benzene rings is 1. The molecular formula is C19H21N3OS2. The fourth-order valence-electron chi connectivity index (χ4n) is 3.36. The minimum absolute atomic E-state index is 0.234. The summed E-state index contributed by atoms with van der Waals surface area (Å²) < 4.78 is 7.47. The molecule has 1 aliphatic heterocycles. The van der Waals surface area contributed by atoms with Crippen LogP contribution in [-0.2, 0) is 13.1 Å². The van der Waals surface area contributed by atoms with Crippen LogP contribution < -0.4 is 0 Å². The fourth-order valence-corrected chi connectivity index (χ4v) is 4.45. The monoisotopic (exact) mass is 371 g/mol. The highest BCUT2D eigenvalue weighted by Gasteiger charge is 2.30. The van der Waals surface area contributed by atoms with Gasteiger partial charge in [0.25, 0.3) is 4.84 Å². The summed E-state index contributed by atoms with van der Waals surface area (Å²) in [5.74, 6) is 0.937. The lowest BCUT2D eigenvalue weighted by molar-refractivity contribution is 0.154. The molecule has 3 heterocycles. The molecule has 4 rings (SSSR count). The number of hydrogen-bond donors (Lipinski definition) is 0. The SMILES string of the molecule is CC(C)c1nn(CN2CCc3sccc3C2c2ccccc2)c(=S)o1. The van der Waals surface area contributed by atoms with E-state index in [0.717, 1.165) is 13.0 Å². The van der Waals surface area contributed by atoms with Crippen molar-refractivity contribution in [1.29, 1.82) is 0 Å². The van der Waals surface area contributed by atoms with Crippen LogP contribution in [0.2, 0.25) is 0 Å². The summed E-state index contributed by atoms with van der Waals surface area (Å²) in [6, 6.07) is 13.2. The van der Waals surface area contributed by atoms with Gasteiger partial charge in [-0.25, -0.2) is 4.68 Å². The molecule has 3 aromatic rings. The van der Waals surface area contributed by atoms with Gasteiger partial charge in [0.1, 0.15) is 0 Å². The van der Waals surface area contributed by atoms with Gasteiger partial charge in [0.05, 0.1) is 12.7 Å². The van der Waals surface area contributed by atoms with Crippen LogP contribution in [0, 0.1) is 4.84 Å². The van der Waals surface area contributed by atoms with Crippen molar-refractivity contribution in [3.8, 4) is 0 Å². The highest BCUT2D eigenvalue weighted by molar-refractivity contribution is 7.71. The zero-order valence-corrected chi connectivity index (χ0v) is 16.0. The minimum atomic E-state index is 0.234. The highest BCUT2D eigenvalue weighted by Crippen LogP contribution is 2.37. The van der Waals surface area contributed by atoms with Crippen molar-refractivity contribution >= 4 is 23.6 Å². The number of thiophene rings is 1. The van der Waals surface area contributed by atoms with Gasteiger partial charge in [0.15, 0.2) is 0 Å². The Morgan fingerprint density at radius 1 is 1.28 bits per heavy atom. The third kappa shape index (κ3) is 3.21. The van der Waals surface area contributed by atoms with Gasteiger partial charge in [0.2, 0.25) is 5.89 Å². The second-order valence-electron chi connectivity index (χ2n) is 6.68. The maximum Gasteiger partial charge on any atom is 0.288 e. The van der Waals surface area contributed by atoms with Crippen molar-refractivity contribution in [3.05, 3.63) is 68.5 Å². The number of rotatable bonds is 4. The Labute approximate surface area is 156 Å². The molecule has 0 fully saturated rings. The van der Waals surface area contributed by atoms with Crippen molar-refractivity contribution in [2.45, 2.75) is 38.9 Å². The van der Waals surface area contributed by atoms with E-state index in [0.29, 0.717) is 17.4 Å². The zero-order valence-electron chi connectivity index (χ0n) is 14.4. The minimum Gasteiger partial charge on any atom is -0.414 e. The lowest BCUT2D eigenvalue weighted by atomic mass is 9.94. The summed E-state index contributed by atoms with van der Waals surface area (Å²) in [4.78, 5) is 4.37. The van der Waals surface area contributed by atoms with Gasteiger partial charge in [-0.2, -0.15) is 0 Å². The molecule has 0 radical (unpaired) electrons. The maximum absolute atomic E-state index is 5.66. The van der Waals surface area contributed by atoms with E-state index in [1.165, 1.54) is 16.0 Å². The van der Waals surface area contributed by atoms with Crippen LogP contribution in [0.5, 0.6) is 0 Å². The predicted molar refractivity (Wildman–Crippen MR) is 102 cm³/mol. The van der Waals surface area contributed by atoms with Crippen LogP contribution in [0.15, 0.2) is 46.2 Å². The summed E-state index contributed by atoms with van der Waals surface area (Å²) in [5.41, 5.74) is 2.71. The number of fused-ring (bicyclic) bond motifs is 1. The van der Waals surface area contributed by atoms with Crippen molar-refractivity contribution < 1.29 is 4.42 Å². The van der Waals surface area contributed by atoms with Gasteiger partial charge in [0, 0.05) is 17.3 Å². The molecule has 1 aromatic carbocycles. The number of hydrogen-bond acceptors (Lipinski definition) is 5. The van der Waals surface area contributed by atoms with Crippen LogP contribution >= 0.6 is 23.6 Å². The van der Waals surface area contributed by atoms with Gasteiger partial charge in [-0.15, -0.1) is 16.4 Å². The summed E-state index contributed by atoms with van der Waals surface area (Å²) in [6.07, 6.45) is 1.07. The standard InChI is InChI=1S/C19H21N3OS2/c1-13(2)18-20-22(19(24)23-18)12-21-10-8-16-15(9-11-25-16)17(21)14-6-4-3-5-7-14/h3-7,9,11,13,17H,8,10,12H2,1-2H3. The summed E-state index contributed by atoms with van der Waals surface area (Å²) in [7, 11) is 0. The molecule has 0 aliphatic carbocycles. The molecule has 0 saturated carbocycles. The molecule has 2 aromatic heterocycles. The van der Waals surface area contributed by atoms with Crippen LogP contribution in [0.1, 0.15) is 47.7 Å². The Bertz CT molecular complexity index is 910. The molecule has 1 aliphatic rings. The summed E-state index contributed by atoms with van der Waals surface area (Å²) >= 11 is 7.24. The van der Waals surface area contributed by atoms with Gasteiger partial charge >= 0.3 is 0 Å². The second kappa shape index (κ2) is 6.86. The van der Waals surface area contributed by atoms with E-state index < -0.39 is 0 Å². The van der Waals surface area contributed by atoms with Crippen LogP contribution in [-0.4, -0.2) is 21.2 Å². The van der Waals surface area contributed by atoms with E-state index in [-0.39, 0.29) is 12.0 Å². The summed E-state index contributed by atoms with van der Waals surface area (Å²) in [5, 5.41) is 6.78. The Morgan fingerprint density at radius 3 is 2.80 bits per heavy atom. The maximum atomic E-state index is 5.66. The lowest BCUT2D eigenvalue weighted by Crippen LogP contribution is -2.37. The van der Waals surface area contributed by atoms with Crippen molar-refractivity contribution in [3.63, 3.8) is 0 Å². The molecule has 0 N–H and O–H groups in total.